The summed E-state index contributed by atoms with van der Waals surface area (Å²) in [6.45, 7) is 6.85. The molecule has 1 rings (SSSR count). The lowest BCUT2D eigenvalue weighted by atomic mass is 10.1. The van der Waals surface area contributed by atoms with Crippen molar-refractivity contribution < 1.29 is 9.84 Å². The molecule has 1 heterocycles. The number of hydrogen-bond donors (Lipinski definition) is 3. The quantitative estimate of drug-likeness (QED) is 0.681. The molecule has 0 aliphatic heterocycles. The summed E-state index contributed by atoms with van der Waals surface area (Å²) in [4.78, 5) is 8.29. The molecule has 0 aliphatic carbocycles. The van der Waals surface area contributed by atoms with Crippen LogP contribution in [0.25, 0.3) is 0 Å². The van der Waals surface area contributed by atoms with Crippen LogP contribution < -0.4 is 15.4 Å². The van der Waals surface area contributed by atoms with E-state index in [1.165, 1.54) is 6.33 Å². The van der Waals surface area contributed by atoms with Crippen molar-refractivity contribution in [2.45, 2.75) is 26.8 Å². The Morgan fingerprint density at radius 3 is 2.50 bits per heavy atom. The largest absolute Gasteiger partial charge is 0.490 e. The molecule has 0 spiro atoms. The van der Waals surface area contributed by atoms with Crippen molar-refractivity contribution in [3.63, 3.8) is 0 Å². The van der Waals surface area contributed by atoms with Crippen LogP contribution in [0, 0.1) is 5.92 Å². The Balaban J connectivity index is 2.97. The van der Waals surface area contributed by atoms with Gasteiger partial charge in [0.05, 0.1) is 19.8 Å². The van der Waals surface area contributed by atoms with Crippen LogP contribution >= 0.6 is 0 Å². The molecule has 0 radical (unpaired) electrons. The zero-order chi connectivity index (χ0) is 13.5. The van der Waals surface area contributed by atoms with Gasteiger partial charge in [0, 0.05) is 6.54 Å². The Labute approximate surface area is 108 Å². The predicted octanol–water partition coefficient (Wildman–Crippen LogP) is 1.35. The monoisotopic (exact) mass is 254 g/mol. The summed E-state index contributed by atoms with van der Waals surface area (Å²) in [7, 11) is 1.58. The summed E-state index contributed by atoms with van der Waals surface area (Å²) in [5, 5.41) is 15.6. The van der Waals surface area contributed by atoms with E-state index in [4.69, 9.17) is 4.74 Å². The Morgan fingerprint density at radius 1 is 1.33 bits per heavy atom. The van der Waals surface area contributed by atoms with Crippen LogP contribution in [0.1, 0.15) is 20.8 Å². The van der Waals surface area contributed by atoms with Gasteiger partial charge in [-0.25, -0.2) is 9.97 Å². The fourth-order valence-corrected chi connectivity index (χ4v) is 1.56. The first-order valence-corrected chi connectivity index (χ1v) is 6.14. The van der Waals surface area contributed by atoms with E-state index < -0.39 is 0 Å². The molecule has 0 aromatic carbocycles. The molecule has 0 fully saturated rings. The van der Waals surface area contributed by atoms with Gasteiger partial charge in [-0.1, -0.05) is 13.8 Å². The average Bonchev–Trinajstić information content (AvgIpc) is 2.36. The van der Waals surface area contributed by atoms with Crippen molar-refractivity contribution in [2.75, 3.05) is 30.9 Å². The first kappa shape index (κ1) is 14.5. The molecule has 0 amide bonds. The maximum absolute atomic E-state index is 9.33. The second-order valence-corrected chi connectivity index (χ2v) is 4.31. The summed E-state index contributed by atoms with van der Waals surface area (Å²) in [6.07, 6.45) is 1.47. The van der Waals surface area contributed by atoms with Crippen molar-refractivity contribution >= 4 is 11.6 Å². The molecule has 1 aromatic heterocycles. The van der Waals surface area contributed by atoms with Crippen LogP contribution in [-0.4, -0.2) is 41.4 Å². The highest BCUT2D eigenvalue weighted by Crippen LogP contribution is 2.29. The fraction of sp³-hybridized carbons (Fsp3) is 0.667. The molecule has 1 aromatic rings. The van der Waals surface area contributed by atoms with E-state index >= 15 is 0 Å². The summed E-state index contributed by atoms with van der Waals surface area (Å²) in [5.41, 5.74) is 0. The molecule has 0 aliphatic rings. The standard InChI is InChI=1S/C12H22N4O2/c1-5-13-11-10(18-4)12(15-7-14-11)16-9(6-17)8(2)3/h7-9,17H,5-6H2,1-4H3,(H2,13,14,15,16)/t9-/m1/s1. The normalized spacial score (nSPS) is 12.3. The molecular weight excluding hydrogens is 232 g/mol. The number of anilines is 2. The number of methoxy groups -OCH3 is 1. The molecule has 0 bridgehead atoms. The number of nitrogens with one attached hydrogen (secondary N) is 2. The highest BCUT2D eigenvalue weighted by Gasteiger charge is 2.17. The van der Waals surface area contributed by atoms with E-state index in [2.05, 4.69) is 20.6 Å². The van der Waals surface area contributed by atoms with Gasteiger partial charge in [-0.05, 0) is 12.8 Å². The number of aromatic nitrogens is 2. The van der Waals surface area contributed by atoms with Crippen molar-refractivity contribution in [1.82, 2.24) is 9.97 Å². The second kappa shape index (κ2) is 7.00. The predicted molar refractivity (Wildman–Crippen MR) is 72.1 cm³/mol. The van der Waals surface area contributed by atoms with Crippen LogP contribution in [0.5, 0.6) is 5.75 Å². The summed E-state index contributed by atoms with van der Waals surface area (Å²) >= 11 is 0. The number of nitrogens with zero attached hydrogens (tertiary/aromatic N) is 2. The highest BCUT2D eigenvalue weighted by molar-refractivity contribution is 5.63. The maximum atomic E-state index is 9.33. The molecule has 3 N–H and O–H groups in total. The van der Waals surface area contributed by atoms with Gasteiger partial charge in [-0.15, -0.1) is 0 Å². The smallest absolute Gasteiger partial charge is 0.204 e. The number of rotatable bonds is 7. The van der Waals surface area contributed by atoms with Crippen molar-refractivity contribution in [1.29, 1.82) is 0 Å². The Hall–Kier alpha value is -1.56. The van der Waals surface area contributed by atoms with Crippen molar-refractivity contribution in [3.8, 4) is 5.75 Å². The minimum Gasteiger partial charge on any atom is -0.490 e. The van der Waals surface area contributed by atoms with E-state index in [1.807, 2.05) is 20.8 Å². The van der Waals surface area contributed by atoms with Gasteiger partial charge in [-0.2, -0.15) is 0 Å². The molecule has 0 saturated carbocycles. The SMILES string of the molecule is CCNc1ncnc(N[C@H](CO)C(C)C)c1OC. The zero-order valence-corrected chi connectivity index (χ0v) is 11.4. The molecule has 0 unspecified atom stereocenters. The minimum atomic E-state index is -0.0664. The van der Waals surface area contributed by atoms with Crippen molar-refractivity contribution in [3.05, 3.63) is 6.33 Å². The summed E-state index contributed by atoms with van der Waals surface area (Å²) in [5.74, 6) is 2.10. The number of aliphatic hydroxyl groups is 1. The molecule has 102 valence electrons. The fourth-order valence-electron chi connectivity index (χ4n) is 1.56. The van der Waals surface area contributed by atoms with Crippen LogP contribution in [-0.2, 0) is 0 Å². The third-order valence-corrected chi connectivity index (χ3v) is 2.68. The Kier molecular flexibility index (Phi) is 5.64. The topological polar surface area (TPSA) is 79.3 Å². The van der Waals surface area contributed by atoms with Gasteiger partial charge in [-0.3, -0.25) is 0 Å². The Morgan fingerprint density at radius 2 is 2.00 bits per heavy atom. The highest BCUT2D eigenvalue weighted by atomic mass is 16.5. The van der Waals surface area contributed by atoms with Crippen LogP contribution in [0.3, 0.4) is 0 Å². The lowest BCUT2D eigenvalue weighted by Crippen LogP contribution is -2.30. The van der Waals surface area contributed by atoms with E-state index in [0.717, 1.165) is 6.54 Å². The Bertz CT molecular complexity index is 371. The maximum Gasteiger partial charge on any atom is 0.204 e. The number of hydrogen-bond acceptors (Lipinski definition) is 6. The summed E-state index contributed by atoms with van der Waals surface area (Å²) in [6, 6.07) is -0.0664. The van der Waals surface area contributed by atoms with Crippen LogP contribution in [0.4, 0.5) is 11.6 Å². The van der Waals surface area contributed by atoms with Gasteiger partial charge in [0.2, 0.25) is 5.75 Å². The van der Waals surface area contributed by atoms with E-state index in [0.29, 0.717) is 17.4 Å². The molecular formula is C12H22N4O2. The average molecular weight is 254 g/mol. The minimum absolute atomic E-state index is 0.0430. The number of ether oxygens (including phenoxy) is 1. The first-order chi connectivity index (χ1) is 8.63. The third kappa shape index (κ3) is 3.46. The van der Waals surface area contributed by atoms with E-state index in [9.17, 15) is 5.11 Å². The van der Waals surface area contributed by atoms with Crippen LogP contribution in [0.15, 0.2) is 6.33 Å². The molecule has 0 saturated heterocycles. The lowest BCUT2D eigenvalue weighted by molar-refractivity contribution is 0.248. The second-order valence-electron chi connectivity index (χ2n) is 4.31. The van der Waals surface area contributed by atoms with Gasteiger partial charge in [0.15, 0.2) is 11.6 Å². The molecule has 6 heteroatoms. The summed E-state index contributed by atoms with van der Waals surface area (Å²) < 4.78 is 5.32. The van der Waals surface area contributed by atoms with E-state index in [-0.39, 0.29) is 18.6 Å². The molecule has 6 nitrogen and oxygen atoms in total. The molecule has 18 heavy (non-hydrogen) atoms. The number of aliphatic hydroxyl groups excluding tert-OH is 1. The lowest BCUT2D eigenvalue weighted by Gasteiger charge is -2.22. The van der Waals surface area contributed by atoms with Gasteiger partial charge < -0.3 is 20.5 Å². The molecule has 1 atom stereocenters. The van der Waals surface area contributed by atoms with Gasteiger partial charge in [0.25, 0.3) is 0 Å². The van der Waals surface area contributed by atoms with Crippen molar-refractivity contribution in [2.24, 2.45) is 5.92 Å². The van der Waals surface area contributed by atoms with Gasteiger partial charge in [0.1, 0.15) is 6.33 Å². The third-order valence-electron chi connectivity index (χ3n) is 2.68. The van der Waals surface area contributed by atoms with Crippen LogP contribution in [0.2, 0.25) is 0 Å². The van der Waals surface area contributed by atoms with E-state index in [1.54, 1.807) is 7.11 Å². The zero-order valence-electron chi connectivity index (χ0n) is 11.4. The first-order valence-electron chi connectivity index (χ1n) is 6.14. The van der Waals surface area contributed by atoms with Gasteiger partial charge >= 0.3 is 0 Å².